The molecule has 0 aromatic heterocycles. The minimum Gasteiger partial charge on any atom is -0.459 e. The van der Waals surface area contributed by atoms with Crippen molar-refractivity contribution in [2.24, 2.45) is 5.41 Å². The molecule has 0 aliphatic carbocycles. The normalized spacial score (nSPS) is 22.4. The molecule has 0 spiro atoms. The molecule has 1 amide bonds. The van der Waals surface area contributed by atoms with Gasteiger partial charge in [-0.2, -0.15) is 0 Å². The minimum absolute atomic E-state index is 0.0144. The number of aryl methyl sites for hydroxylation is 2. The first-order valence-corrected chi connectivity index (χ1v) is 14.3. The van der Waals surface area contributed by atoms with Crippen LogP contribution in [0.4, 0.5) is 5.69 Å². The van der Waals surface area contributed by atoms with Crippen LogP contribution in [0.25, 0.3) is 0 Å². The predicted octanol–water partition coefficient (Wildman–Crippen LogP) is 4.75. The number of aliphatic hydroxyl groups is 1. The van der Waals surface area contributed by atoms with Crippen LogP contribution in [0.5, 0.6) is 0 Å². The Labute approximate surface area is 194 Å². The van der Waals surface area contributed by atoms with E-state index in [-0.39, 0.29) is 24.6 Å². The van der Waals surface area contributed by atoms with Gasteiger partial charge in [-0.1, -0.05) is 39.0 Å². The summed E-state index contributed by atoms with van der Waals surface area (Å²) in [6, 6.07) is 5.78. The number of rotatable bonds is 6. The quantitative estimate of drug-likeness (QED) is 0.487. The van der Waals surface area contributed by atoms with Gasteiger partial charge in [-0.25, -0.2) is 0 Å². The summed E-state index contributed by atoms with van der Waals surface area (Å²) < 4.78 is 12.0. The molecule has 180 valence electrons. The van der Waals surface area contributed by atoms with Gasteiger partial charge in [0.2, 0.25) is 0 Å². The molecule has 6 nitrogen and oxygen atoms in total. The highest BCUT2D eigenvalue weighted by molar-refractivity contribution is 6.74. The molecule has 1 N–H and O–H groups in total. The van der Waals surface area contributed by atoms with Crippen molar-refractivity contribution >= 4 is 25.9 Å². The van der Waals surface area contributed by atoms with E-state index in [1.54, 1.807) is 25.7 Å². The third kappa shape index (κ3) is 5.26. The molecular formula is C25H41NO5Si. The van der Waals surface area contributed by atoms with E-state index in [2.05, 4.69) is 33.9 Å². The Morgan fingerprint density at radius 3 is 2.16 bits per heavy atom. The molecule has 1 aliphatic rings. The monoisotopic (exact) mass is 463 g/mol. The highest BCUT2D eigenvalue weighted by Gasteiger charge is 2.59. The number of amides is 1. The molecule has 1 saturated heterocycles. The number of hydrogen-bond acceptors (Lipinski definition) is 5. The van der Waals surface area contributed by atoms with Crippen LogP contribution in [0, 0.1) is 19.3 Å². The third-order valence-corrected chi connectivity index (χ3v) is 11.3. The van der Waals surface area contributed by atoms with E-state index in [4.69, 9.17) is 9.16 Å². The number of para-hydroxylation sites is 1. The van der Waals surface area contributed by atoms with Crippen LogP contribution in [-0.4, -0.2) is 50.2 Å². The molecule has 1 aromatic carbocycles. The molecule has 0 bridgehead atoms. The number of carbonyl (C=O) groups excluding carboxylic acids is 2. The summed E-state index contributed by atoms with van der Waals surface area (Å²) >= 11 is 0. The maximum Gasteiger partial charge on any atom is 0.317 e. The van der Waals surface area contributed by atoms with E-state index in [0.717, 1.165) is 16.8 Å². The number of aliphatic hydroxyl groups excluding tert-OH is 1. The molecule has 0 saturated carbocycles. The predicted molar refractivity (Wildman–Crippen MR) is 130 cm³/mol. The fourth-order valence-electron chi connectivity index (χ4n) is 3.83. The Hall–Kier alpha value is -1.70. The summed E-state index contributed by atoms with van der Waals surface area (Å²) in [6.07, 6.45) is -1.28. The van der Waals surface area contributed by atoms with Crippen LogP contribution in [0.1, 0.15) is 59.1 Å². The van der Waals surface area contributed by atoms with Crippen molar-refractivity contribution in [3.05, 3.63) is 29.3 Å². The average Bonchev–Trinajstić information content (AvgIpc) is 2.85. The summed E-state index contributed by atoms with van der Waals surface area (Å²) in [4.78, 5) is 28.2. The van der Waals surface area contributed by atoms with Crippen LogP contribution < -0.4 is 4.90 Å². The van der Waals surface area contributed by atoms with Gasteiger partial charge in [0.1, 0.15) is 11.0 Å². The highest BCUT2D eigenvalue weighted by atomic mass is 28.4. The van der Waals surface area contributed by atoms with Crippen LogP contribution in [-0.2, 0) is 18.8 Å². The number of anilines is 1. The lowest BCUT2D eigenvalue weighted by Gasteiger charge is -2.38. The van der Waals surface area contributed by atoms with E-state index in [9.17, 15) is 14.7 Å². The Morgan fingerprint density at radius 1 is 1.16 bits per heavy atom. The number of esters is 1. The van der Waals surface area contributed by atoms with Gasteiger partial charge >= 0.3 is 5.97 Å². The fourth-order valence-corrected chi connectivity index (χ4v) is 4.88. The topological polar surface area (TPSA) is 76.1 Å². The van der Waals surface area contributed by atoms with Gasteiger partial charge in [0.25, 0.3) is 5.91 Å². The Morgan fingerprint density at radius 2 is 1.69 bits per heavy atom. The largest absolute Gasteiger partial charge is 0.459 e. The molecule has 1 aliphatic heterocycles. The van der Waals surface area contributed by atoms with Crippen molar-refractivity contribution < 1.29 is 23.9 Å². The second kappa shape index (κ2) is 8.91. The summed E-state index contributed by atoms with van der Waals surface area (Å²) in [6.45, 7) is 20.3. The Bertz CT molecular complexity index is 848. The van der Waals surface area contributed by atoms with E-state index >= 15 is 0 Å². The molecule has 2 unspecified atom stereocenters. The van der Waals surface area contributed by atoms with Crippen LogP contribution in [0.15, 0.2) is 18.2 Å². The maximum absolute atomic E-state index is 13.4. The zero-order valence-corrected chi connectivity index (χ0v) is 22.5. The number of nitrogens with zero attached hydrogens (tertiary/aromatic N) is 1. The smallest absolute Gasteiger partial charge is 0.317 e. The first-order chi connectivity index (χ1) is 14.4. The summed E-state index contributed by atoms with van der Waals surface area (Å²) in [5.74, 6) is -1.03. The van der Waals surface area contributed by atoms with Crippen molar-refractivity contribution in [1.29, 1.82) is 0 Å². The number of hydrogen-bond donors (Lipinski definition) is 1. The number of carbonyl (C=O) groups is 2. The second-order valence-electron chi connectivity index (χ2n) is 11.6. The molecule has 0 radical (unpaired) electrons. The minimum atomic E-state index is -2.06. The van der Waals surface area contributed by atoms with Gasteiger partial charge in [-0.05, 0) is 70.3 Å². The van der Waals surface area contributed by atoms with E-state index < -0.39 is 37.3 Å². The third-order valence-electron chi connectivity index (χ3n) is 6.80. The van der Waals surface area contributed by atoms with Crippen molar-refractivity contribution in [2.75, 3.05) is 18.1 Å². The maximum atomic E-state index is 13.4. The molecule has 32 heavy (non-hydrogen) atoms. The van der Waals surface area contributed by atoms with Crippen LogP contribution in [0.2, 0.25) is 18.1 Å². The van der Waals surface area contributed by atoms with E-state index in [1.165, 1.54) is 0 Å². The van der Waals surface area contributed by atoms with Crippen molar-refractivity contribution in [1.82, 2.24) is 0 Å². The van der Waals surface area contributed by atoms with Gasteiger partial charge in [0, 0.05) is 18.8 Å². The molecule has 2 rings (SSSR count). The fraction of sp³-hybridized carbons (Fsp3) is 0.680. The van der Waals surface area contributed by atoms with Crippen molar-refractivity contribution in [3.8, 4) is 0 Å². The van der Waals surface area contributed by atoms with Gasteiger partial charge < -0.3 is 19.2 Å². The first-order valence-electron chi connectivity index (χ1n) is 11.4. The van der Waals surface area contributed by atoms with Gasteiger partial charge in [0.05, 0.1) is 0 Å². The lowest BCUT2D eigenvalue weighted by Crippen LogP contribution is -2.48. The summed E-state index contributed by atoms with van der Waals surface area (Å²) in [5.41, 5.74) is 0.457. The number of benzene rings is 1. The lowest BCUT2D eigenvalue weighted by atomic mass is 9.81. The zero-order valence-electron chi connectivity index (χ0n) is 21.5. The van der Waals surface area contributed by atoms with E-state index in [1.807, 2.05) is 32.0 Å². The molecular weight excluding hydrogens is 422 g/mol. The molecule has 1 heterocycles. The van der Waals surface area contributed by atoms with Gasteiger partial charge in [-0.3, -0.25) is 9.59 Å². The average molecular weight is 464 g/mol. The van der Waals surface area contributed by atoms with Crippen molar-refractivity contribution in [3.63, 3.8) is 0 Å². The highest BCUT2D eigenvalue weighted by Crippen LogP contribution is 2.43. The molecule has 1 aromatic rings. The van der Waals surface area contributed by atoms with Crippen molar-refractivity contribution in [2.45, 2.75) is 91.6 Å². The number of ether oxygens (including phenoxy) is 1. The molecule has 7 heteroatoms. The summed E-state index contributed by atoms with van der Waals surface area (Å²) in [5, 5.41) is 11.2. The standard InChI is InChI=1S/C25H41NO5Si/c1-17-12-11-13-18(2)19(17)26-16-25(20(27)21(26)28,22(29)31-23(3,4)5)14-15-30-32(9,10)24(6,7)8/h11-13,20,27H,14-16H2,1-10H3. The van der Waals surface area contributed by atoms with Crippen LogP contribution in [0.3, 0.4) is 0 Å². The SMILES string of the molecule is Cc1cccc(C)c1N1CC(CCO[Si](C)(C)C(C)(C)C)(C(=O)OC(C)(C)C)C(O)C1=O. The van der Waals surface area contributed by atoms with Crippen LogP contribution >= 0.6 is 0 Å². The first kappa shape index (κ1) is 26.5. The van der Waals surface area contributed by atoms with Gasteiger partial charge in [0.15, 0.2) is 14.4 Å². The summed E-state index contributed by atoms with van der Waals surface area (Å²) in [7, 11) is -2.06. The van der Waals surface area contributed by atoms with Gasteiger partial charge in [-0.15, -0.1) is 0 Å². The Balaban J connectivity index is 2.43. The second-order valence-corrected chi connectivity index (χ2v) is 16.4. The molecule has 1 fully saturated rings. The van der Waals surface area contributed by atoms with E-state index in [0.29, 0.717) is 0 Å². The zero-order chi connectivity index (χ0) is 24.7. The molecule has 2 atom stereocenters. The Kier molecular flexibility index (Phi) is 7.40. The lowest BCUT2D eigenvalue weighted by molar-refractivity contribution is -0.174.